The summed E-state index contributed by atoms with van der Waals surface area (Å²) in [6.07, 6.45) is 3.82. The smallest absolute Gasteiger partial charge is 0.328 e. The molecule has 0 amide bonds. The Labute approximate surface area is 158 Å². The third kappa shape index (κ3) is 5.16. The number of aromatic nitrogens is 4. The number of rotatable bonds is 8. The normalized spacial score (nSPS) is 10.6. The van der Waals surface area contributed by atoms with Crippen molar-refractivity contribution < 1.29 is 4.90 Å². The van der Waals surface area contributed by atoms with Crippen LogP contribution in [0, 0.1) is 22.7 Å². The Morgan fingerprint density at radius 2 is 1.25 bits per heavy atom. The Morgan fingerprint density at radius 3 is 1.61 bits per heavy atom. The molecule has 0 fully saturated rings. The van der Waals surface area contributed by atoms with Gasteiger partial charge in [0.2, 0.25) is 0 Å². The molecule has 0 aliphatic carbocycles. The van der Waals surface area contributed by atoms with E-state index in [1.165, 1.54) is 21.5 Å². The zero-order valence-corrected chi connectivity index (χ0v) is 15.3. The topological polar surface area (TPSA) is 162 Å². The lowest BCUT2D eigenvalue weighted by Gasteiger charge is -2.14. The van der Waals surface area contributed by atoms with Gasteiger partial charge in [-0.3, -0.25) is 28.7 Å². The Hall–Kier alpha value is -3.70. The fourth-order valence-electron chi connectivity index (χ4n) is 2.74. The van der Waals surface area contributed by atoms with Gasteiger partial charge in [-0.05, 0) is 0 Å². The molecule has 3 N–H and O–H groups in total. The Kier molecular flexibility index (Phi) is 6.84. The Bertz CT molecular complexity index is 1060. The molecular formula is C17H20N7O4+. The average molecular weight is 386 g/mol. The van der Waals surface area contributed by atoms with Crippen LogP contribution < -0.4 is 27.4 Å². The number of nitriles is 2. The first kappa shape index (κ1) is 20.6. The molecule has 2 aromatic heterocycles. The van der Waals surface area contributed by atoms with Crippen molar-refractivity contribution in [2.45, 2.75) is 25.9 Å². The zero-order valence-electron chi connectivity index (χ0n) is 15.3. The quantitative estimate of drug-likeness (QED) is 0.441. The molecule has 0 aliphatic rings. The van der Waals surface area contributed by atoms with E-state index < -0.39 is 22.5 Å². The van der Waals surface area contributed by atoms with Crippen molar-refractivity contribution in [1.29, 1.82) is 10.5 Å². The van der Waals surface area contributed by atoms with E-state index in [1.807, 2.05) is 7.05 Å². The standard InChI is InChI=1S/C17H19N7O4/c1-22(4-2-6-23-10-12(8-18)14(25)20-16(23)27)5-3-7-24-11-13(9-19)15(26)21-17(24)28/h10-11H,2-7H2,1H3,(H,20,25,27)(H,21,26,28)/p+1. The highest BCUT2D eigenvalue weighted by Gasteiger charge is 2.08. The Balaban J connectivity index is 1.84. The molecule has 146 valence electrons. The summed E-state index contributed by atoms with van der Waals surface area (Å²) in [5, 5.41) is 17.7. The predicted molar refractivity (Wildman–Crippen MR) is 97.9 cm³/mol. The molecule has 2 heterocycles. The van der Waals surface area contributed by atoms with Crippen LogP contribution in [0.15, 0.2) is 31.6 Å². The van der Waals surface area contributed by atoms with Crippen LogP contribution in [0.3, 0.4) is 0 Å². The molecule has 11 heteroatoms. The van der Waals surface area contributed by atoms with Crippen molar-refractivity contribution in [3.05, 3.63) is 65.2 Å². The number of quaternary nitrogens is 1. The first-order valence-corrected chi connectivity index (χ1v) is 8.64. The molecule has 2 rings (SSSR count). The van der Waals surface area contributed by atoms with Crippen LogP contribution in [-0.4, -0.2) is 39.2 Å². The number of nitrogens with zero attached hydrogens (tertiary/aromatic N) is 4. The fraction of sp³-hybridized carbons (Fsp3) is 0.412. The third-order valence-corrected chi connectivity index (χ3v) is 4.27. The monoisotopic (exact) mass is 386 g/mol. The van der Waals surface area contributed by atoms with E-state index in [0.29, 0.717) is 25.9 Å². The summed E-state index contributed by atoms with van der Waals surface area (Å²) in [5.74, 6) is 0. The highest BCUT2D eigenvalue weighted by molar-refractivity contribution is 5.22. The lowest BCUT2D eigenvalue weighted by atomic mass is 10.3. The van der Waals surface area contributed by atoms with Gasteiger partial charge >= 0.3 is 11.4 Å². The van der Waals surface area contributed by atoms with E-state index in [9.17, 15) is 19.2 Å². The molecule has 0 aliphatic heterocycles. The molecule has 2 aromatic rings. The van der Waals surface area contributed by atoms with Crippen LogP contribution in [0.4, 0.5) is 0 Å². The number of H-pyrrole nitrogens is 2. The highest BCUT2D eigenvalue weighted by Crippen LogP contribution is 1.89. The van der Waals surface area contributed by atoms with Crippen LogP contribution in [0.1, 0.15) is 24.0 Å². The minimum atomic E-state index is -0.691. The van der Waals surface area contributed by atoms with Crippen LogP contribution in [-0.2, 0) is 13.1 Å². The van der Waals surface area contributed by atoms with E-state index in [2.05, 4.69) is 9.97 Å². The minimum absolute atomic E-state index is 0.108. The van der Waals surface area contributed by atoms with E-state index in [-0.39, 0.29) is 11.1 Å². The van der Waals surface area contributed by atoms with E-state index in [4.69, 9.17) is 10.5 Å². The van der Waals surface area contributed by atoms with Crippen LogP contribution >= 0.6 is 0 Å². The van der Waals surface area contributed by atoms with Gasteiger partial charge < -0.3 is 4.90 Å². The number of hydrogen-bond acceptors (Lipinski definition) is 6. The van der Waals surface area contributed by atoms with Crippen molar-refractivity contribution in [3.8, 4) is 12.1 Å². The predicted octanol–water partition coefficient (Wildman–Crippen LogP) is -2.87. The summed E-state index contributed by atoms with van der Waals surface area (Å²) in [5.41, 5.74) is -2.70. The molecule has 0 atom stereocenters. The SMILES string of the molecule is C[NH+](CCCn1cc(C#N)c(=O)[nH]c1=O)CCCn1cc(C#N)c(=O)[nH]c1=O. The molecule has 28 heavy (non-hydrogen) atoms. The zero-order chi connectivity index (χ0) is 20.7. The molecule has 11 nitrogen and oxygen atoms in total. The second kappa shape index (κ2) is 9.30. The number of aromatic amines is 2. The van der Waals surface area contributed by atoms with Gasteiger partial charge in [0.15, 0.2) is 0 Å². The minimum Gasteiger partial charge on any atom is -0.337 e. The molecule has 0 spiro atoms. The van der Waals surface area contributed by atoms with Crippen molar-refractivity contribution >= 4 is 0 Å². The molecule has 0 bridgehead atoms. The maximum absolute atomic E-state index is 11.7. The lowest BCUT2D eigenvalue weighted by Crippen LogP contribution is -3.09. The number of aryl methyl sites for hydroxylation is 2. The Morgan fingerprint density at radius 1 is 0.857 bits per heavy atom. The van der Waals surface area contributed by atoms with Crippen molar-refractivity contribution in [3.63, 3.8) is 0 Å². The summed E-state index contributed by atoms with van der Waals surface area (Å²) in [6, 6.07) is 3.49. The van der Waals surface area contributed by atoms with Gasteiger partial charge in [-0.25, -0.2) is 9.59 Å². The third-order valence-electron chi connectivity index (χ3n) is 4.27. The van der Waals surface area contributed by atoms with Gasteiger partial charge in [-0.15, -0.1) is 0 Å². The van der Waals surface area contributed by atoms with Crippen molar-refractivity contribution in [2.24, 2.45) is 0 Å². The summed E-state index contributed by atoms with van der Waals surface area (Å²) in [7, 11) is 1.96. The maximum Gasteiger partial charge on any atom is 0.328 e. The van der Waals surface area contributed by atoms with Crippen molar-refractivity contribution in [1.82, 2.24) is 19.1 Å². The molecular weight excluding hydrogens is 366 g/mol. The number of nitrogens with one attached hydrogen (secondary N) is 3. The van der Waals surface area contributed by atoms with Gasteiger partial charge in [0.1, 0.15) is 23.3 Å². The summed E-state index contributed by atoms with van der Waals surface area (Å²) in [6.45, 7) is 2.20. The molecule has 0 unspecified atom stereocenters. The fourth-order valence-corrected chi connectivity index (χ4v) is 2.74. The molecule has 0 saturated carbocycles. The van der Waals surface area contributed by atoms with E-state index in [0.717, 1.165) is 18.0 Å². The van der Waals surface area contributed by atoms with Gasteiger partial charge in [0.05, 0.1) is 20.1 Å². The summed E-state index contributed by atoms with van der Waals surface area (Å²) < 4.78 is 2.60. The average Bonchev–Trinajstić information content (AvgIpc) is 2.65. The second-order valence-corrected chi connectivity index (χ2v) is 6.38. The van der Waals surface area contributed by atoms with Crippen molar-refractivity contribution in [2.75, 3.05) is 20.1 Å². The van der Waals surface area contributed by atoms with Gasteiger partial charge in [0.25, 0.3) is 11.1 Å². The highest BCUT2D eigenvalue weighted by atomic mass is 16.2. The van der Waals surface area contributed by atoms with E-state index >= 15 is 0 Å². The largest absolute Gasteiger partial charge is 0.337 e. The van der Waals surface area contributed by atoms with Gasteiger partial charge in [-0.2, -0.15) is 10.5 Å². The summed E-state index contributed by atoms with van der Waals surface area (Å²) in [4.78, 5) is 51.6. The molecule has 0 aromatic carbocycles. The van der Waals surface area contributed by atoms with Gasteiger partial charge in [-0.1, -0.05) is 0 Å². The maximum atomic E-state index is 11.7. The van der Waals surface area contributed by atoms with Crippen LogP contribution in [0.25, 0.3) is 0 Å². The summed E-state index contributed by atoms with van der Waals surface area (Å²) >= 11 is 0. The number of hydrogen-bond donors (Lipinski definition) is 3. The second-order valence-electron chi connectivity index (χ2n) is 6.38. The first-order chi connectivity index (χ1) is 13.3. The van der Waals surface area contributed by atoms with Gasteiger partial charge in [0, 0.05) is 38.3 Å². The van der Waals surface area contributed by atoms with E-state index in [1.54, 1.807) is 12.1 Å². The molecule has 0 saturated heterocycles. The first-order valence-electron chi connectivity index (χ1n) is 8.64. The van der Waals surface area contributed by atoms with Crippen LogP contribution in [0.5, 0.6) is 0 Å². The lowest BCUT2D eigenvalue weighted by molar-refractivity contribution is -0.880. The molecule has 0 radical (unpaired) electrons. The van der Waals surface area contributed by atoms with Crippen LogP contribution in [0.2, 0.25) is 0 Å².